The van der Waals surface area contributed by atoms with Crippen LogP contribution in [0.1, 0.15) is 51.0 Å². The first kappa shape index (κ1) is 27.0. The van der Waals surface area contributed by atoms with Crippen molar-refractivity contribution < 1.29 is 22.7 Å². The van der Waals surface area contributed by atoms with Crippen LogP contribution in [-0.4, -0.2) is 50.9 Å². The zero-order valence-corrected chi connectivity index (χ0v) is 23.2. The van der Waals surface area contributed by atoms with Gasteiger partial charge in [-0.2, -0.15) is 0 Å². The molecule has 1 aliphatic heterocycles. The first-order valence-electron chi connectivity index (χ1n) is 13.6. The topological polar surface area (TPSA) is 96.0 Å². The van der Waals surface area contributed by atoms with E-state index in [4.69, 9.17) is 4.74 Å². The molecule has 1 aliphatic carbocycles. The van der Waals surface area contributed by atoms with Crippen LogP contribution in [0.15, 0.2) is 65.6 Å². The largest absolute Gasteiger partial charge is 0.497 e. The molecule has 1 N–H and O–H groups in total. The van der Waals surface area contributed by atoms with E-state index in [2.05, 4.69) is 5.32 Å². The highest BCUT2D eigenvalue weighted by Crippen LogP contribution is 2.42. The van der Waals surface area contributed by atoms with E-state index in [1.165, 1.54) is 4.31 Å². The van der Waals surface area contributed by atoms with Gasteiger partial charge in [0, 0.05) is 30.9 Å². The number of rotatable bonds is 10. The van der Waals surface area contributed by atoms with Crippen molar-refractivity contribution in [1.29, 1.82) is 0 Å². The van der Waals surface area contributed by atoms with Crippen LogP contribution in [0.25, 0.3) is 10.8 Å². The predicted molar refractivity (Wildman–Crippen MR) is 151 cm³/mol. The Hall–Kier alpha value is -3.59. The Bertz CT molecular complexity index is 1480. The first-order valence-corrected chi connectivity index (χ1v) is 15.0. The molecule has 8 nitrogen and oxygen atoms in total. The van der Waals surface area contributed by atoms with E-state index in [-0.39, 0.29) is 37.4 Å². The van der Waals surface area contributed by atoms with Crippen LogP contribution in [-0.2, 0) is 26.2 Å². The lowest BCUT2D eigenvalue weighted by Crippen LogP contribution is -2.49. The second-order valence-corrected chi connectivity index (χ2v) is 12.2. The quantitative estimate of drug-likeness (QED) is 0.398. The van der Waals surface area contributed by atoms with E-state index >= 15 is 0 Å². The van der Waals surface area contributed by atoms with E-state index in [1.807, 2.05) is 48.5 Å². The summed E-state index contributed by atoms with van der Waals surface area (Å²) in [6, 6.07) is 17.8. The molecule has 3 aromatic carbocycles. The number of hydrogen-bond acceptors (Lipinski definition) is 5. The number of carbonyl (C=O) groups is 2. The molecule has 206 valence electrons. The van der Waals surface area contributed by atoms with E-state index in [9.17, 15) is 18.0 Å². The molecular formula is C30H35N3O5S. The maximum Gasteiger partial charge on any atom is 0.265 e. The molecular weight excluding hydrogens is 514 g/mol. The summed E-state index contributed by atoms with van der Waals surface area (Å²) in [7, 11) is -2.10. The highest BCUT2D eigenvalue weighted by Gasteiger charge is 2.35. The number of sulfonamides is 1. The summed E-state index contributed by atoms with van der Waals surface area (Å²) in [6.45, 7) is 2.18. The zero-order chi connectivity index (χ0) is 27.6. The van der Waals surface area contributed by atoms with Crippen molar-refractivity contribution in [2.24, 2.45) is 0 Å². The van der Waals surface area contributed by atoms with Gasteiger partial charge in [-0.15, -0.1) is 0 Å². The molecule has 3 aromatic rings. The third-order valence-corrected chi connectivity index (χ3v) is 9.64. The van der Waals surface area contributed by atoms with Crippen LogP contribution in [0.3, 0.4) is 0 Å². The van der Waals surface area contributed by atoms with Gasteiger partial charge in [-0.3, -0.25) is 13.9 Å². The molecule has 2 amide bonds. The van der Waals surface area contributed by atoms with Gasteiger partial charge in [-0.1, -0.05) is 49.2 Å². The number of benzene rings is 3. The normalized spacial score (nSPS) is 16.8. The van der Waals surface area contributed by atoms with E-state index < -0.39 is 16.1 Å². The van der Waals surface area contributed by atoms with Gasteiger partial charge in [0.05, 0.1) is 17.7 Å². The highest BCUT2D eigenvalue weighted by molar-refractivity contribution is 7.93. The van der Waals surface area contributed by atoms with Crippen LogP contribution in [0.5, 0.6) is 5.75 Å². The summed E-state index contributed by atoms with van der Waals surface area (Å²) >= 11 is 0. The fourth-order valence-corrected chi connectivity index (χ4v) is 7.41. The second-order valence-electron chi connectivity index (χ2n) is 10.4. The maximum atomic E-state index is 13.6. The predicted octanol–water partition coefficient (Wildman–Crippen LogP) is 4.61. The van der Waals surface area contributed by atoms with Gasteiger partial charge in [0.1, 0.15) is 11.8 Å². The molecule has 39 heavy (non-hydrogen) atoms. The molecule has 0 bridgehead atoms. The van der Waals surface area contributed by atoms with Crippen LogP contribution >= 0.6 is 0 Å². The molecule has 0 spiro atoms. The number of nitrogens with one attached hydrogen (secondary N) is 1. The minimum atomic E-state index is -3.69. The lowest BCUT2D eigenvalue weighted by atomic mass is 10.1. The third kappa shape index (κ3) is 5.45. The maximum absolute atomic E-state index is 13.6. The van der Waals surface area contributed by atoms with Gasteiger partial charge in [0.2, 0.25) is 11.8 Å². The average Bonchev–Trinajstić information content (AvgIpc) is 3.53. The summed E-state index contributed by atoms with van der Waals surface area (Å²) in [5.41, 5.74) is 1.50. The first-order chi connectivity index (χ1) is 18.8. The number of nitrogens with zero attached hydrogens (tertiary/aromatic N) is 2. The van der Waals surface area contributed by atoms with Crippen molar-refractivity contribution in [2.75, 3.05) is 18.0 Å². The molecule has 5 rings (SSSR count). The summed E-state index contributed by atoms with van der Waals surface area (Å²) in [6.07, 6.45) is 4.56. The van der Waals surface area contributed by atoms with Crippen LogP contribution < -0.4 is 14.4 Å². The number of anilines is 1. The van der Waals surface area contributed by atoms with Crippen molar-refractivity contribution in [3.63, 3.8) is 0 Å². The Morgan fingerprint density at radius 3 is 2.54 bits per heavy atom. The molecule has 1 atom stereocenters. The minimum Gasteiger partial charge on any atom is -0.497 e. The highest BCUT2D eigenvalue weighted by atomic mass is 32.2. The van der Waals surface area contributed by atoms with E-state index in [1.54, 1.807) is 31.1 Å². The van der Waals surface area contributed by atoms with Gasteiger partial charge in [0.15, 0.2) is 0 Å². The minimum absolute atomic E-state index is 0.114. The molecule has 1 heterocycles. The van der Waals surface area contributed by atoms with Gasteiger partial charge in [-0.25, -0.2) is 8.42 Å². The molecule has 1 saturated carbocycles. The standard InChI is InChI=1S/C30H35N3O5S/c1-21(30(35)31-24-12-3-4-13-24)32(20-22-9-5-14-25(19-22)38-2)28(34)17-8-18-33-26-15-6-10-23-11-7-16-27(29(23)26)39(33,36)37/h5-7,9-11,14-16,19,21,24H,3-4,8,12-13,17-18,20H2,1-2H3,(H,31,35). The Balaban J connectivity index is 1.30. The fourth-order valence-electron chi connectivity index (χ4n) is 5.66. The lowest BCUT2D eigenvalue weighted by Gasteiger charge is -2.30. The number of carbonyl (C=O) groups excluding carboxylic acids is 2. The molecule has 2 aliphatic rings. The monoisotopic (exact) mass is 549 g/mol. The van der Waals surface area contributed by atoms with Gasteiger partial charge in [0.25, 0.3) is 10.0 Å². The summed E-state index contributed by atoms with van der Waals surface area (Å²) in [5, 5.41) is 4.71. The molecule has 0 aromatic heterocycles. The molecule has 0 radical (unpaired) electrons. The molecule has 0 saturated heterocycles. The van der Waals surface area contributed by atoms with Crippen molar-refractivity contribution in [1.82, 2.24) is 10.2 Å². The fraction of sp³-hybridized carbons (Fsp3) is 0.400. The van der Waals surface area contributed by atoms with Gasteiger partial charge >= 0.3 is 0 Å². The second kappa shape index (κ2) is 11.3. The summed E-state index contributed by atoms with van der Waals surface area (Å²) in [4.78, 5) is 28.6. The molecule has 1 fully saturated rings. The van der Waals surface area contributed by atoms with E-state index in [0.29, 0.717) is 22.8 Å². The SMILES string of the molecule is COc1cccc(CN(C(=O)CCCN2c3cccc4cccc(c34)S2(=O)=O)C(C)C(=O)NC2CCCC2)c1. The Morgan fingerprint density at radius 1 is 1.08 bits per heavy atom. The van der Waals surface area contributed by atoms with Gasteiger partial charge in [-0.05, 0) is 61.4 Å². The summed E-state index contributed by atoms with van der Waals surface area (Å²) < 4.78 is 33.4. The van der Waals surface area contributed by atoms with Crippen molar-refractivity contribution >= 4 is 38.3 Å². The average molecular weight is 550 g/mol. The molecule has 9 heteroatoms. The van der Waals surface area contributed by atoms with Crippen molar-refractivity contribution in [3.8, 4) is 5.75 Å². The van der Waals surface area contributed by atoms with Crippen molar-refractivity contribution in [2.45, 2.75) is 69.0 Å². The number of amides is 2. The van der Waals surface area contributed by atoms with Crippen molar-refractivity contribution in [3.05, 3.63) is 66.2 Å². The molecule has 1 unspecified atom stereocenters. The Labute approximate surface area is 230 Å². The van der Waals surface area contributed by atoms with Crippen LogP contribution in [0.2, 0.25) is 0 Å². The van der Waals surface area contributed by atoms with E-state index in [0.717, 1.165) is 42.0 Å². The third-order valence-electron chi connectivity index (χ3n) is 7.79. The zero-order valence-electron chi connectivity index (χ0n) is 22.4. The number of ether oxygens (including phenoxy) is 1. The lowest BCUT2D eigenvalue weighted by molar-refractivity contribution is -0.141. The Kier molecular flexibility index (Phi) is 7.79. The smallest absolute Gasteiger partial charge is 0.265 e. The van der Waals surface area contributed by atoms with Gasteiger partial charge < -0.3 is 15.0 Å². The Morgan fingerprint density at radius 2 is 1.79 bits per heavy atom. The van der Waals surface area contributed by atoms with Crippen LogP contribution in [0.4, 0.5) is 5.69 Å². The number of methoxy groups -OCH3 is 1. The van der Waals surface area contributed by atoms with Crippen LogP contribution in [0, 0.1) is 0 Å². The summed E-state index contributed by atoms with van der Waals surface area (Å²) in [5.74, 6) is 0.317. The number of hydrogen-bond donors (Lipinski definition) is 1.